The fourth-order valence-corrected chi connectivity index (χ4v) is 1.65. The molecule has 0 aliphatic carbocycles. The lowest BCUT2D eigenvalue weighted by atomic mass is 10.3. The zero-order valence-electron chi connectivity index (χ0n) is 9.55. The van der Waals surface area contributed by atoms with E-state index in [1.54, 1.807) is 18.2 Å². The molecule has 18 heavy (non-hydrogen) atoms. The third-order valence-corrected chi connectivity index (χ3v) is 2.61. The van der Waals surface area contributed by atoms with Crippen molar-refractivity contribution in [2.75, 3.05) is 7.05 Å². The number of carbonyl (C=O) groups excluding carboxylic acids is 1. The minimum absolute atomic E-state index is 0.249. The molecule has 1 N–H and O–H groups in total. The van der Waals surface area contributed by atoms with Gasteiger partial charge in [0.2, 0.25) is 5.88 Å². The highest BCUT2D eigenvalue weighted by molar-refractivity contribution is 9.10. The highest BCUT2D eigenvalue weighted by atomic mass is 79.9. The van der Waals surface area contributed by atoms with Crippen molar-refractivity contribution in [2.45, 2.75) is 0 Å². The van der Waals surface area contributed by atoms with E-state index in [1.165, 1.54) is 7.05 Å². The number of ether oxygens (including phenoxy) is 1. The van der Waals surface area contributed by atoms with Gasteiger partial charge in [-0.15, -0.1) is 10.2 Å². The van der Waals surface area contributed by atoms with Crippen molar-refractivity contribution < 1.29 is 9.53 Å². The molecule has 5 nitrogen and oxygen atoms in total. The second-order valence-electron chi connectivity index (χ2n) is 3.40. The first-order valence-electron chi connectivity index (χ1n) is 5.18. The molecular weight excluding hydrogens is 298 g/mol. The van der Waals surface area contributed by atoms with Crippen molar-refractivity contribution in [3.63, 3.8) is 0 Å². The average molecular weight is 308 g/mol. The predicted molar refractivity (Wildman–Crippen MR) is 69.6 cm³/mol. The van der Waals surface area contributed by atoms with Gasteiger partial charge in [0, 0.05) is 17.6 Å². The lowest BCUT2D eigenvalue weighted by molar-refractivity contribution is 0.0957. The molecular formula is C12H10BrN3O2. The number of rotatable bonds is 3. The molecule has 92 valence electrons. The monoisotopic (exact) mass is 307 g/mol. The molecule has 2 rings (SSSR count). The number of nitrogens with zero attached hydrogens (tertiary/aromatic N) is 2. The topological polar surface area (TPSA) is 64.1 Å². The van der Waals surface area contributed by atoms with Gasteiger partial charge < -0.3 is 10.1 Å². The molecule has 0 bridgehead atoms. The van der Waals surface area contributed by atoms with Gasteiger partial charge in [0.1, 0.15) is 5.75 Å². The van der Waals surface area contributed by atoms with Gasteiger partial charge in [-0.25, -0.2) is 0 Å². The quantitative estimate of drug-likeness (QED) is 0.945. The summed E-state index contributed by atoms with van der Waals surface area (Å²) >= 11 is 3.35. The summed E-state index contributed by atoms with van der Waals surface area (Å²) in [4.78, 5) is 11.3. The smallest absolute Gasteiger partial charge is 0.271 e. The molecule has 0 aliphatic rings. The largest absolute Gasteiger partial charge is 0.437 e. The Balaban J connectivity index is 2.13. The van der Waals surface area contributed by atoms with Crippen molar-refractivity contribution in [3.05, 3.63) is 46.6 Å². The van der Waals surface area contributed by atoms with Gasteiger partial charge >= 0.3 is 0 Å². The molecule has 1 aromatic carbocycles. The highest BCUT2D eigenvalue weighted by Crippen LogP contribution is 2.22. The maximum Gasteiger partial charge on any atom is 0.271 e. The zero-order valence-corrected chi connectivity index (χ0v) is 11.1. The van der Waals surface area contributed by atoms with E-state index in [9.17, 15) is 4.79 Å². The summed E-state index contributed by atoms with van der Waals surface area (Å²) in [6.07, 6.45) is 0. The van der Waals surface area contributed by atoms with Gasteiger partial charge in [-0.05, 0) is 24.3 Å². The van der Waals surface area contributed by atoms with E-state index in [0.29, 0.717) is 11.6 Å². The van der Waals surface area contributed by atoms with E-state index >= 15 is 0 Å². The SMILES string of the molecule is CNC(=O)c1ccc(Oc2cccc(Br)c2)nn1. The van der Waals surface area contributed by atoms with Crippen LogP contribution in [0.5, 0.6) is 11.6 Å². The van der Waals surface area contributed by atoms with E-state index in [-0.39, 0.29) is 11.6 Å². The van der Waals surface area contributed by atoms with E-state index in [1.807, 2.05) is 18.2 Å². The third-order valence-electron chi connectivity index (χ3n) is 2.12. The molecule has 6 heteroatoms. The van der Waals surface area contributed by atoms with Crippen molar-refractivity contribution in [1.29, 1.82) is 0 Å². The first kappa shape index (κ1) is 12.5. The summed E-state index contributed by atoms with van der Waals surface area (Å²) in [5.74, 6) is 0.698. The van der Waals surface area contributed by atoms with Crippen LogP contribution in [-0.4, -0.2) is 23.2 Å². The summed E-state index contributed by atoms with van der Waals surface area (Å²) in [6, 6.07) is 10.5. The third kappa shape index (κ3) is 3.04. The van der Waals surface area contributed by atoms with Gasteiger partial charge in [-0.1, -0.05) is 22.0 Å². The standard InChI is InChI=1S/C12H10BrN3O2/c1-14-12(17)10-5-6-11(16-15-10)18-9-4-2-3-8(13)7-9/h2-7H,1H3,(H,14,17). The second-order valence-corrected chi connectivity index (χ2v) is 4.31. The number of amides is 1. The summed E-state index contributed by atoms with van der Waals surface area (Å²) < 4.78 is 6.40. The summed E-state index contributed by atoms with van der Waals surface area (Å²) in [6.45, 7) is 0. The Morgan fingerprint density at radius 3 is 2.72 bits per heavy atom. The zero-order chi connectivity index (χ0) is 13.0. The second kappa shape index (κ2) is 5.59. The van der Waals surface area contributed by atoms with E-state index < -0.39 is 0 Å². The molecule has 0 spiro atoms. The number of hydrogen-bond acceptors (Lipinski definition) is 4. The maximum atomic E-state index is 11.3. The lowest BCUT2D eigenvalue weighted by Crippen LogP contribution is -2.19. The van der Waals surface area contributed by atoms with Crippen LogP contribution < -0.4 is 10.1 Å². The fraction of sp³-hybridized carbons (Fsp3) is 0.0833. The molecule has 0 saturated heterocycles. The lowest BCUT2D eigenvalue weighted by Gasteiger charge is -2.04. The average Bonchev–Trinajstić information content (AvgIpc) is 2.39. The van der Waals surface area contributed by atoms with Crippen LogP contribution in [0.4, 0.5) is 0 Å². The molecule has 2 aromatic rings. The van der Waals surface area contributed by atoms with Crippen molar-refractivity contribution in [1.82, 2.24) is 15.5 Å². The van der Waals surface area contributed by atoms with Crippen LogP contribution in [0.1, 0.15) is 10.5 Å². The van der Waals surface area contributed by atoms with Crippen molar-refractivity contribution >= 4 is 21.8 Å². The van der Waals surface area contributed by atoms with Gasteiger partial charge in [0.15, 0.2) is 5.69 Å². The number of halogens is 1. The normalized spacial score (nSPS) is 9.89. The number of carbonyl (C=O) groups is 1. The highest BCUT2D eigenvalue weighted by Gasteiger charge is 2.06. The first-order chi connectivity index (χ1) is 8.69. The predicted octanol–water partition coefficient (Wildman–Crippen LogP) is 2.39. The Bertz CT molecular complexity index is 558. The Kier molecular flexibility index (Phi) is 3.88. The first-order valence-corrected chi connectivity index (χ1v) is 5.97. The van der Waals surface area contributed by atoms with E-state index in [0.717, 1.165) is 4.47 Å². The van der Waals surface area contributed by atoms with Crippen LogP contribution in [0.3, 0.4) is 0 Å². The molecule has 0 fully saturated rings. The van der Waals surface area contributed by atoms with Crippen LogP contribution in [-0.2, 0) is 0 Å². The van der Waals surface area contributed by atoms with Gasteiger partial charge in [-0.3, -0.25) is 4.79 Å². The Morgan fingerprint density at radius 1 is 1.28 bits per heavy atom. The maximum absolute atomic E-state index is 11.3. The molecule has 0 aliphatic heterocycles. The van der Waals surface area contributed by atoms with Crippen LogP contribution in [0, 0.1) is 0 Å². The van der Waals surface area contributed by atoms with Crippen LogP contribution in [0.25, 0.3) is 0 Å². The molecule has 0 atom stereocenters. The van der Waals surface area contributed by atoms with Crippen LogP contribution in [0.15, 0.2) is 40.9 Å². The fourth-order valence-electron chi connectivity index (χ4n) is 1.27. The molecule has 0 saturated carbocycles. The van der Waals surface area contributed by atoms with E-state index in [2.05, 4.69) is 31.4 Å². The van der Waals surface area contributed by atoms with Crippen LogP contribution in [0.2, 0.25) is 0 Å². The van der Waals surface area contributed by atoms with Gasteiger partial charge in [0.25, 0.3) is 5.91 Å². The summed E-state index contributed by atoms with van der Waals surface area (Å²) in [5.41, 5.74) is 0.249. The molecule has 1 amide bonds. The van der Waals surface area contributed by atoms with Crippen molar-refractivity contribution in [2.24, 2.45) is 0 Å². The minimum Gasteiger partial charge on any atom is -0.437 e. The number of nitrogens with one attached hydrogen (secondary N) is 1. The molecule has 0 unspecified atom stereocenters. The molecule has 1 aromatic heterocycles. The summed E-state index contributed by atoms with van der Waals surface area (Å²) in [7, 11) is 1.54. The number of aromatic nitrogens is 2. The summed E-state index contributed by atoms with van der Waals surface area (Å²) in [5, 5.41) is 10.1. The molecule has 1 heterocycles. The number of hydrogen-bond donors (Lipinski definition) is 1. The number of benzene rings is 1. The Hall–Kier alpha value is -1.95. The Morgan fingerprint density at radius 2 is 2.11 bits per heavy atom. The van der Waals surface area contributed by atoms with E-state index in [4.69, 9.17) is 4.74 Å². The minimum atomic E-state index is -0.281. The van der Waals surface area contributed by atoms with Gasteiger partial charge in [-0.2, -0.15) is 0 Å². The molecule has 0 radical (unpaired) electrons. The Labute approximate surface area is 112 Å². The van der Waals surface area contributed by atoms with Crippen molar-refractivity contribution in [3.8, 4) is 11.6 Å². The van der Waals surface area contributed by atoms with Gasteiger partial charge in [0.05, 0.1) is 0 Å². The van der Waals surface area contributed by atoms with Crippen LogP contribution >= 0.6 is 15.9 Å².